The Morgan fingerprint density at radius 1 is 1.17 bits per heavy atom. The van der Waals surface area contributed by atoms with Crippen LogP contribution in [0.3, 0.4) is 0 Å². The van der Waals surface area contributed by atoms with Crippen molar-refractivity contribution in [3.8, 4) is 6.07 Å². The second-order valence-corrected chi connectivity index (χ2v) is 6.54. The van der Waals surface area contributed by atoms with Gasteiger partial charge in [0, 0.05) is 0 Å². The van der Waals surface area contributed by atoms with Crippen LogP contribution in [0.1, 0.15) is 11.3 Å². The number of nitrogens with zero attached hydrogens (tertiary/aromatic N) is 2. The summed E-state index contributed by atoms with van der Waals surface area (Å²) >= 11 is 0. The van der Waals surface area contributed by atoms with Crippen molar-refractivity contribution in [2.75, 3.05) is 6.54 Å². The van der Waals surface area contributed by atoms with Crippen LogP contribution in [0.15, 0.2) is 52.0 Å². The first kappa shape index (κ1) is 17.1. The molecule has 0 saturated heterocycles. The molecule has 0 atom stereocenters. The van der Waals surface area contributed by atoms with E-state index in [1.54, 1.807) is 6.07 Å². The summed E-state index contributed by atoms with van der Waals surface area (Å²) in [5.41, 5.74) is 0.206. The fourth-order valence-corrected chi connectivity index (χ4v) is 3.24. The van der Waals surface area contributed by atoms with Gasteiger partial charge in [0.25, 0.3) is 0 Å². The van der Waals surface area contributed by atoms with E-state index in [-0.39, 0.29) is 20.5 Å². The van der Waals surface area contributed by atoms with E-state index in [4.69, 9.17) is 9.68 Å². The van der Waals surface area contributed by atoms with Crippen LogP contribution < -0.4 is 0 Å². The lowest BCUT2D eigenvalue weighted by molar-refractivity contribution is -0.137. The number of alkyl halides is 3. The summed E-state index contributed by atoms with van der Waals surface area (Å²) in [7, 11) is -4.39. The molecule has 23 heavy (non-hydrogen) atoms. The van der Waals surface area contributed by atoms with Crippen molar-refractivity contribution in [3.05, 3.63) is 54.0 Å². The van der Waals surface area contributed by atoms with Gasteiger partial charge in [-0.3, -0.25) is 0 Å². The molecule has 0 bridgehead atoms. The molecule has 9 heteroatoms. The minimum atomic E-state index is -4.70. The third-order valence-corrected chi connectivity index (χ3v) is 4.70. The van der Waals surface area contributed by atoms with Crippen molar-refractivity contribution < 1.29 is 26.0 Å². The highest BCUT2D eigenvalue weighted by Crippen LogP contribution is 2.25. The van der Waals surface area contributed by atoms with Crippen LogP contribution in [0.4, 0.5) is 13.2 Å². The molecule has 1 aromatic heterocycles. The van der Waals surface area contributed by atoms with Crippen LogP contribution in [0.2, 0.25) is 0 Å². The predicted octanol–water partition coefficient (Wildman–Crippen LogP) is 2.90. The van der Waals surface area contributed by atoms with E-state index >= 15 is 0 Å². The number of furan rings is 1. The molecule has 0 fully saturated rings. The highest BCUT2D eigenvalue weighted by molar-refractivity contribution is 7.89. The SMILES string of the molecule is N#Cc1ccc(S(=O)(=O)N(Cc2ccco2)CC(F)(F)F)cc1. The molecule has 0 unspecified atom stereocenters. The molecule has 2 aromatic rings. The molecule has 0 aliphatic carbocycles. The maximum Gasteiger partial charge on any atom is 0.402 e. The Morgan fingerprint density at radius 3 is 2.30 bits per heavy atom. The molecule has 0 aliphatic rings. The van der Waals surface area contributed by atoms with Gasteiger partial charge in [-0.25, -0.2) is 8.42 Å². The van der Waals surface area contributed by atoms with E-state index in [0.29, 0.717) is 0 Å². The van der Waals surface area contributed by atoms with Crippen LogP contribution in [-0.4, -0.2) is 25.4 Å². The predicted molar refractivity (Wildman–Crippen MR) is 73.5 cm³/mol. The first-order chi connectivity index (χ1) is 10.7. The lowest BCUT2D eigenvalue weighted by Gasteiger charge is -2.22. The third kappa shape index (κ3) is 4.34. The van der Waals surface area contributed by atoms with Gasteiger partial charge < -0.3 is 4.42 Å². The van der Waals surface area contributed by atoms with E-state index in [1.165, 1.54) is 30.5 Å². The van der Waals surface area contributed by atoms with E-state index in [9.17, 15) is 21.6 Å². The zero-order valence-electron chi connectivity index (χ0n) is 11.6. The Hall–Kier alpha value is -2.31. The zero-order chi connectivity index (χ0) is 17.1. The summed E-state index contributed by atoms with van der Waals surface area (Å²) in [4.78, 5) is -0.327. The molecule has 0 aliphatic heterocycles. The van der Waals surface area contributed by atoms with Crippen molar-refractivity contribution in [1.29, 1.82) is 5.26 Å². The lowest BCUT2D eigenvalue weighted by Crippen LogP contribution is -2.38. The first-order valence-corrected chi connectivity index (χ1v) is 7.76. The van der Waals surface area contributed by atoms with E-state index in [1.807, 2.05) is 0 Å². The first-order valence-electron chi connectivity index (χ1n) is 6.32. The summed E-state index contributed by atoms with van der Waals surface area (Å²) < 4.78 is 68.2. The number of benzene rings is 1. The fraction of sp³-hybridized carbons (Fsp3) is 0.214. The van der Waals surface area contributed by atoms with Crippen molar-refractivity contribution in [2.24, 2.45) is 0 Å². The van der Waals surface area contributed by atoms with Crippen LogP contribution in [0, 0.1) is 11.3 Å². The second kappa shape index (κ2) is 6.44. The number of sulfonamides is 1. The summed E-state index contributed by atoms with van der Waals surface area (Å²) in [6, 6.07) is 9.30. The molecular weight excluding hydrogens is 333 g/mol. The molecule has 1 aromatic carbocycles. The molecule has 2 rings (SSSR count). The van der Waals surface area contributed by atoms with Crippen LogP contribution in [0.25, 0.3) is 0 Å². The van der Waals surface area contributed by atoms with Gasteiger partial charge in [0.05, 0.1) is 29.3 Å². The monoisotopic (exact) mass is 344 g/mol. The Morgan fingerprint density at radius 2 is 1.83 bits per heavy atom. The number of halogens is 3. The van der Waals surface area contributed by atoms with E-state index < -0.39 is 29.3 Å². The topological polar surface area (TPSA) is 74.3 Å². The molecule has 0 amide bonds. The summed E-state index contributed by atoms with van der Waals surface area (Å²) in [6.45, 7) is -2.19. The molecule has 122 valence electrons. The standard InChI is InChI=1S/C14H11F3N2O3S/c15-14(16,17)10-19(9-12-2-1-7-22-12)23(20,21)13-5-3-11(8-18)4-6-13/h1-7H,9-10H2. The van der Waals surface area contributed by atoms with E-state index in [2.05, 4.69) is 0 Å². The minimum Gasteiger partial charge on any atom is -0.468 e. The molecule has 0 N–H and O–H groups in total. The van der Waals surface area contributed by atoms with Gasteiger partial charge in [-0.15, -0.1) is 0 Å². The summed E-state index contributed by atoms with van der Waals surface area (Å²) in [5.74, 6) is 0.0893. The minimum absolute atomic E-state index is 0.0893. The Balaban J connectivity index is 2.36. The average molecular weight is 344 g/mol. The number of hydrogen-bond acceptors (Lipinski definition) is 4. The molecule has 0 spiro atoms. The van der Waals surface area contributed by atoms with Gasteiger partial charge in [-0.1, -0.05) is 0 Å². The van der Waals surface area contributed by atoms with Gasteiger partial charge in [0.1, 0.15) is 12.3 Å². The smallest absolute Gasteiger partial charge is 0.402 e. The maximum absolute atomic E-state index is 12.7. The summed E-state index contributed by atoms with van der Waals surface area (Å²) in [6.07, 6.45) is -3.46. The highest BCUT2D eigenvalue weighted by atomic mass is 32.2. The second-order valence-electron chi connectivity index (χ2n) is 4.60. The number of hydrogen-bond donors (Lipinski definition) is 0. The Kier molecular flexibility index (Phi) is 4.77. The van der Waals surface area contributed by atoms with Crippen molar-refractivity contribution in [2.45, 2.75) is 17.6 Å². The fourth-order valence-electron chi connectivity index (χ4n) is 1.85. The van der Waals surface area contributed by atoms with E-state index in [0.717, 1.165) is 12.1 Å². The van der Waals surface area contributed by atoms with Crippen LogP contribution >= 0.6 is 0 Å². The van der Waals surface area contributed by atoms with Gasteiger partial charge in [-0.05, 0) is 36.4 Å². The van der Waals surface area contributed by atoms with Crippen LogP contribution in [0.5, 0.6) is 0 Å². The summed E-state index contributed by atoms with van der Waals surface area (Å²) in [5, 5.41) is 8.69. The van der Waals surface area contributed by atoms with Gasteiger partial charge in [0.2, 0.25) is 10.0 Å². The molecule has 0 saturated carbocycles. The van der Waals surface area contributed by atoms with Gasteiger partial charge in [-0.2, -0.15) is 22.7 Å². The molecule has 1 heterocycles. The highest BCUT2D eigenvalue weighted by Gasteiger charge is 2.37. The maximum atomic E-state index is 12.7. The lowest BCUT2D eigenvalue weighted by atomic mass is 10.2. The largest absolute Gasteiger partial charge is 0.468 e. The van der Waals surface area contributed by atoms with Crippen molar-refractivity contribution >= 4 is 10.0 Å². The third-order valence-electron chi connectivity index (χ3n) is 2.89. The van der Waals surface area contributed by atoms with Gasteiger partial charge >= 0.3 is 6.18 Å². The van der Waals surface area contributed by atoms with Crippen molar-refractivity contribution in [1.82, 2.24) is 4.31 Å². The molecular formula is C14H11F3N2O3S. The van der Waals surface area contributed by atoms with Crippen LogP contribution in [-0.2, 0) is 16.6 Å². The normalized spacial score (nSPS) is 12.3. The van der Waals surface area contributed by atoms with Gasteiger partial charge in [0.15, 0.2) is 0 Å². The number of nitriles is 1. The average Bonchev–Trinajstić information content (AvgIpc) is 2.98. The molecule has 5 nitrogen and oxygen atoms in total. The Bertz CT molecular complexity index is 791. The van der Waals surface area contributed by atoms with Crippen molar-refractivity contribution in [3.63, 3.8) is 0 Å². The number of rotatable bonds is 5. The molecule has 0 radical (unpaired) electrons. The quantitative estimate of drug-likeness (QED) is 0.836. The Labute approximate surface area is 130 Å². The zero-order valence-corrected chi connectivity index (χ0v) is 12.4.